The topological polar surface area (TPSA) is 79.8 Å². The molecular formula is C22H20N4O2S3. The molecule has 0 aliphatic carbocycles. The zero-order valence-corrected chi connectivity index (χ0v) is 19.4. The fourth-order valence-corrected chi connectivity index (χ4v) is 5.01. The van der Waals surface area contributed by atoms with E-state index in [-0.39, 0.29) is 17.2 Å². The highest BCUT2D eigenvalue weighted by Crippen LogP contribution is 2.25. The predicted molar refractivity (Wildman–Crippen MR) is 130 cm³/mol. The van der Waals surface area contributed by atoms with Crippen LogP contribution in [0, 0.1) is 10.9 Å². The Bertz CT molecular complexity index is 1370. The number of benzene rings is 2. The standard InChI is InChI=1S/C22H20N4O2S3/c1-3-14-5-4-6-15(11-14)23-17(27)12-30-21-24-19-18(20(28)25-21)31-22(29)26(19)16-9-7-13(2)8-10-16/h4-11H,3,12H2,1-2H3,(H,23,27)(H,24,25,28). The minimum atomic E-state index is -0.259. The number of amides is 1. The van der Waals surface area contributed by atoms with Gasteiger partial charge in [-0.25, -0.2) is 4.98 Å². The van der Waals surface area contributed by atoms with Gasteiger partial charge in [-0.15, -0.1) is 0 Å². The molecule has 0 atom stereocenters. The Morgan fingerprint density at radius 1 is 1.26 bits per heavy atom. The zero-order valence-electron chi connectivity index (χ0n) is 17.0. The van der Waals surface area contributed by atoms with E-state index in [2.05, 4.69) is 22.2 Å². The molecule has 1 amide bonds. The van der Waals surface area contributed by atoms with Crippen LogP contribution in [0.15, 0.2) is 58.5 Å². The predicted octanol–water partition coefficient (Wildman–Crippen LogP) is 5.11. The van der Waals surface area contributed by atoms with Gasteiger partial charge in [0, 0.05) is 11.4 Å². The first-order valence-corrected chi connectivity index (χ1v) is 11.9. The van der Waals surface area contributed by atoms with Crippen molar-refractivity contribution in [3.8, 4) is 5.69 Å². The molecule has 0 radical (unpaired) electrons. The van der Waals surface area contributed by atoms with E-state index in [9.17, 15) is 9.59 Å². The lowest BCUT2D eigenvalue weighted by Gasteiger charge is -2.07. The van der Waals surface area contributed by atoms with Crippen LogP contribution in [0.1, 0.15) is 18.1 Å². The number of nitrogens with zero attached hydrogens (tertiary/aromatic N) is 2. The van der Waals surface area contributed by atoms with Gasteiger partial charge in [-0.2, -0.15) is 0 Å². The summed E-state index contributed by atoms with van der Waals surface area (Å²) >= 11 is 7.89. The number of anilines is 1. The fraction of sp³-hybridized carbons (Fsp3) is 0.182. The van der Waals surface area contributed by atoms with E-state index in [1.807, 2.05) is 55.5 Å². The maximum Gasteiger partial charge on any atom is 0.271 e. The SMILES string of the molecule is CCc1cccc(NC(=O)CSc2nc3c(sc(=S)n3-c3ccc(C)cc3)c(=O)[nH]2)c1. The Hall–Kier alpha value is -2.75. The molecule has 2 aromatic carbocycles. The molecule has 2 heterocycles. The number of aromatic amines is 1. The summed E-state index contributed by atoms with van der Waals surface area (Å²) in [6.07, 6.45) is 0.899. The van der Waals surface area contributed by atoms with Crippen LogP contribution in [0.4, 0.5) is 5.69 Å². The van der Waals surface area contributed by atoms with Gasteiger partial charge in [0.25, 0.3) is 5.56 Å². The molecule has 0 aliphatic heterocycles. The van der Waals surface area contributed by atoms with Gasteiger partial charge in [-0.1, -0.05) is 59.9 Å². The third-order valence-corrected chi connectivity index (χ3v) is 6.91. The second-order valence-electron chi connectivity index (χ2n) is 6.95. The minimum absolute atomic E-state index is 0.125. The van der Waals surface area contributed by atoms with Crippen LogP contribution in [0.5, 0.6) is 0 Å². The van der Waals surface area contributed by atoms with Crippen LogP contribution in [0.2, 0.25) is 0 Å². The van der Waals surface area contributed by atoms with Gasteiger partial charge in [0.05, 0.1) is 5.75 Å². The van der Waals surface area contributed by atoms with Gasteiger partial charge < -0.3 is 10.3 Å². The van der Waals surface area contributed by atoms with Crippen LogP contribution in [0.3, 0.4) is 0 Å². The highest BCUT2D eigenvalue weighted by Gasteiger charge is 2.14. The average molecular weight is 469 g/mol. The van der Waals surface area contributed by atoms with E-state index in [4.69, 9.17) is 12.2 Å². The first-order chi connectivity index (χ1) is 14.9. The highest BCUT2D eigenvalue weighted by molar-refractivity contribution is 7.99. The van der Waals surface area contributed by atoms with Crippen molar-refractivity contribution in [2.75, 3.05) is 11.1 Å². The number of thioether (sulfide) groups is 1. The lowest BCUT2D eigenvalue weighted by molar-refractivity contribution is -0.113. The van der Waals surface area contributed by atoms with Crippen molar-refractivity contribution in [1.29, 1.82) is 0 Å². The van der Waals surface area contributed by atoms with Gasteiger partial charge in [0.15, 0.2) is 14.8 Å². The number of hydrogen-bond donors (Lipinski definition) is 2. The van der Waals surface area contributed by atoms with Gasteiger partial charge in [0.1, 0.15) is 4.70 Å². The Balaban J connectivity index is 1.57. The quantitative estimate of drug-likeness (QED) is 0.234. The molecular weight excluding hydrogens is 448 g/mol. The third kappa shape index (κ3) is 4.79. The molecule has 0 aliphatic rings. The van der Waals surface area contributed by atoms with Crippen LogP contribution < -0.4 is 10.9 Å². The van der Waals surface area contributed by atoms with Crippen LogP contribution >= 0.6 is 35.3 Å². The summed E-state index contributed by atoms with van der Waals surface area (Å²) < 4.78 is 2.81. The highest BCUT2D eigenvalue weighted by atomic mass is 32.2. The number of hydrogen-bond acceptors (Lipinski definition) is 6. The smallest absolute Gasteiger partial charge is 0.271 e. The first-order valence-electron chi connectivity index (χ1n) is 9.69. The fourth-order valence-electron chi connectivity index (χ4n) is 3.08. The van der Waals surface area contributed by atoms with Crippen molar-refractivity contribution >= 4 is 57.3 Å². The largest absolute Gasteiger partial charge is 0.325 e. The summed E-state index contributed by atoms with van der Waals surface area (Å²) in [4.78, 5) is 32.3. The number of aryl methyl sites for hydroxylation is 2. The number of carbonyl (C=O) groups excluding carboxylic acids is 1. The lowest BCUT2D eigenvalue weighted by atomic mass is 10.1. The van der Waals surface area contributed by atoms with Gasteiger partial charge in [0.2, 0.25) is 5.91 Å². The minimum Gasteiger partial charge on any atom is -0.325 e. The van der Waals surface area contributed by atoms with E-state index in [0.717, 1.165) is 28.9 Å². The maximum absolute atomic E-state index is 12.6. The lowest BCUT2D eigenvalue weighted by Crippen LogP contribution is -2.15. The molecule has 0 spiro atoms. The normalized spacial score (nSPS) is 11.0. The van der Waals surface area contributed by atoms with Crippen LogP contribution in [-0.4, -0.2) is 26.2 Å². The second-order valence-corrected chi connectivity index (χ2v) is 9.56. The van der Waals surface area contributed by atoms with Crippen molar-refractivity contribution in [3.05, 3.63) is 74.0 Å². The summed E-state index contributed by atoms with van der Waals surface area (Å²) in [6.45, 7) is 4.08. The molecule has 31 heavy (non-hydrogen) atoms. The molecule has 0 saturated heterocycles. The van der Waals surface area contributed by atoms with Crippen molar-refractivity contribution in [2.45, 2.75) is 25.4 Å². The van der Waals surface area contributed by atoms with E-state index in [1.54, 1.807) is 4.57 Å². The van der Waals surface area contributed by atoms with E-state index in [0.29, 0.717) is 19.5 Å². The molecule has 0 fully saturated rings. The number of nitrogens with one attached hydrogen (secondary N) is 2. The van der Waals surface area contributed by atoms with Gasteiger partial charge in [-0.3, -0.25) is 14.2 Å². The first kappa shape index (κ1) is 21.5. The van der Waals surface area contributed by atoms with E-state index in [1.165, 1.54) is 23.1 Å². The summed E-state index contributed by atoms with van der Waals surface area (Å²) in [5.41, 5.74) is 4.14. The number of aromatic nitrogens is 3. The summed E-state index contributed by atoms with van der Waals surface area (Å²) in [6, 6.07) is 15.6. The maximum atomic E-state index is 12.6. The molecule has 2 aromatic heterocycles. The monoisotopic (exact) mass is 468 g/mol. The Kier molecular flexibility index (Phi) is 6.35. The van der Waals surface area contributed by atoms with Crippen molar-refractivity contribution < 1.29 is 4.79 Å². The summed E-state index contributed by atoms with van der Waals surface area (Å²) in [5.74, 6) is -0.0399. The summed E-state index contributed by atoms with van der Waals surface area (Å²) in [7, 11) is 0. The Morgan fingerprint density at radius 3 is 2.77 bits per heavy atom. The Morgan fingerprint density at radius 2 is 2.03 bits per heavy atom. The second kappa shape index (κ2) is 9.17. The third-order valence-electron chi connectivity index (χ3n) is 4.67. The van der Waals surface area contributed by atoms with Crippen molar-refractivity contribution in [1.82, 2.24) is 14.5 Å². The average Bonchev–Trinajstić information content (AvgIpc) is 3.09. The number of thiazole rings is 1. The van der Waals surface area contributed by atoms with Crippen LogP contribution in [-0.2, 0) is 11.2 Å². The molecule has 2 N–H and O–H groups in total. The van der Waals surface area contributed by atoms with Gasteiger partial charge >= 0.3 is 0 Å². The number of fused-ring (bicyclic) bond motifs is 1. The van der Waals surface area contributed by atoms with Gasteiger partial charge in [-0.05, 0) is 55.4 Å². The van der Waals surface area contributed by atoms with Crippen LogP contribution in [0.25, 0.3) is 16.0 Å². The molecule has 0 bridgehead atoms. The molecule has 4 rings (SSSR count). The van der Waals surface area contributed by atoms with E-state index < -0.39 is 0 Å². The van der Waals surface area contributed by atoms with E-state index >= 15 is 0 Å². The molecule has 6 nitrogen and oxygen atoms in total. The summed E-state index contributed by atoms with van der Waals surface area (Å²) in [5, 5.41) is 3.26. The number of rotatable bonds is 6. The molecule has 9 heteroatoms. The van der Waals surface area contributed by atoms with Crippen molar-refractivity contribution in [3.63, 3.8) is 0 Å². The number of H-pyrrole nitrogens is 1. The van der Waals surface area contributed by atoms with Crippen molar-refractivity contribution in [2.24, 2.45) is 0 Å². The molecule has 158 valence electrons. The molecule has 0 unspecified atom stereocenters. The molecule has 4 aromatic rings. The molecule has 0 saturated carbocycles. The Labute approximate surface area is 192 Å². The zero-order chi connectivity index (χ0) is 22.0. The number of carbonyl (C=O) groups is 1.